The van der Waals surface area contributed by atoms with Gasteiger partial charge in [-0.2, -0.15) is 0 Å². The van der Waals surface area contributed by atoms with Crippen molar-refractivity contribution in [2.75, 3.05) is 57.3 Å². The summed E-state index contributed by atoms with van der Waals surface area (Å²) in [6, 6.07) is 8.34. The number of nitrogens with zero attached hydrogens (tertiary/aromatic N) is 2. The molecule has 0 aliphatic carbocycles. The van der Waals surface area contributed by atoms with Crippen molar-refractivity contribution in [1.82, 2.24) is 15.5 Å². The molecule has 2 aliphatic heterocycles. The number of ketones is 1. The number of anilines is 1. The second kappa shape index (κ2) is 8.98. The van der Waals surface area contributed by atoms with Crippen molar-refractivity contribution in [3.63, 3.8) is 0 Å². The van der Waals surface area contributed by atoms with Crippen molar-refractivity contribution in [2.24, 2.45) is 0 Å². The largest absolute Gasteiger partial charge is 0.369 e. The molecule has 0 amide bonds. The third kappa shape index (κ3) is 3.95. The molecule has 2 aliphatic rings. The van der Waals surface area contributed by atoms with Gasteiger partial charge in [-0.25, -0.2) is 0 Å². The van der Waals surface area contributed by atoms with Crippen LogP contribution in [0.5, 0.6) is 0 Å². The molecule has 26 heavy (non-hydrogen) atoms. The quantitative estimate of drug-likeness (QED) is 0.731. The van der Waals surface area contributed by atoms with E-state index in [1.807, 2.05) is 12.1 Å². The van der Waals surface area contributed by atoms with Crippen molar-refractivity contribution in [1.29, 1.82) is 0 Å². The normalized spacial score (nSPS) is 21.4. The van der Waals surface area contributed by atoms with Crippen molar-refractivity contribution in [3.05, 3.63) is 29.8 Å². The Labute approximate surface area is 158 Å². The van der Waals surface area contributed by atoms with Gasteiger partial charge in [0.05, 0.1) is 5.54 Å². The minimum Gasteiger partial charge on any atom is -0.369 e. The minimum atomic E-state index is -0.354. The van der Waals surface area contributed by atoms with Crippen LogP contribution in [-0.4, -0.2) is 68.6 Å². The number of hydrogen-bond acceptors (Lipinski definition) is 5. The Hall–Kier alpha value is -1.43. The van der Waals surface area contributed by atoms with Crippen molar-refractivity contribution in [3.8, 4) is 0 Å². The molecule has 2 N–H and O–H groups in total. The Kier molecular flexibility index (Phi) is 6.68. The van der Waals surface area contributed by atoms with Crippen LogP contribution in [0.2, 0.25) is 0 Å². The first-order valence-electron chi connectivity index (χ1n) is 10.3. The number of benzene rings is 1. The molecule has 5 heteroatoms. The summed E-state index contributed by atoms with van der Waals surface area (Å²) in [7, 11) is 0. The Morgan fingerprint density at radius 3 is 2.08 bits per heavy atom. The molecule has 0 bridgehead atoms. The summed E-state index contributed by atoms with van der Waals surface area (Å²) < 4.78 is 0. The fraction of sp³-hybridized carbons (Fsp3) is 0.667. The number of rotatable bonds is 7. The minimum absolute atomic E-state index is 0.301. The van der Waals surface area contributed by atoms with Gasteiger partial charge in [-0.3, -0.25) is 9.69 Å². The van der Waals surface area contributed by atoms with Crippen molar-refractivity contribution in [2.45, 2.75) is 38.6 Å². The van der Waals surface area contributed by atoms with E-state index in [2.05, 4.69) is 46.4 Å². The van der Waals surface area contributed by atoms with Crippen LogP contribution in [0.4, 0.5) is 5.69 Å². The van der Waals surface area contributed by atoms with E-state index >= 15 is 0 Å². The summed E-state index contributed by atoms with van der Waals surface area (Å²) in [6.45, 7) is 12.3. The third-order valence-electron chi connectivity index (χ3n) is 6.01. The predicted molar refractivity (Wildman–Crippen MR) is 108 cm³/mol. The van der Waals surface area contributed by atoms with Gasteiger partial charge < -0.3 is 15.5 Å². The van der Waals surface area contributed by atoms with E-state index in [0.717, 1.165) is 77.2 Å². The number of nitrogens with one attached hydrogen (secondary N) is 2. The molecular weight excluding hydrogens is 324 g/mol. The highest BCUT2D eigenvalue weighted by atomic mass is 16.1. The zero-order valence-electron chi connectivity index (χ0n) is 16.4. The summed E-state index contributed by atoms with van der Waals surface area (Å²) in [5, 5.41) is 6.80. The second-order valence-electron chi connectivity index (χ2n) is 7.49. The Morgan fingerprint density at radius 2 is 1.54 bits per heavy atom. The van der Waals surface area contributed by atoms with Gasteiger partial charge in [0, 0.05) is 63.6 Å². The maximum Gasteiger partial charge on any atom is 0.183 e. The molecule has 3 rings (SSSR count). The smallest absolute Gasteiger partial charge is 0.183 e. The number of carbonyl (C=O) groups excluding carboxylic acids is 1. The third-order valence-corrected chi connectivity index (χ3v) is 6.01. The molecule has 144 valence electrons. The molecule has 0 spiro atoms. The van der Waals surface area contributed by atoms with Gasteiger partial charge >= 0.3 is 0 Å². The summed E-state index contributed by atoms with van der Waals surface area (Å²) in [5.74, 6) is 0.301. The van der Waals surface area contributed by atoms with Crippen LogP contribution in [0.25, 0.3) is 0 Å². The molecular formula is C21H34N4O. The second-order valence-corrected chi connectivity index (χ2v) is 7.49. The van der Waals surface area contributed by atoms with Crippen LogP contribution in [0.3, 0.4) is 0 Å². The van der Waals surface area contributed by atoms with Gasteiger partial charge in [0.2, 0.25) is 0 Å². The van der Waals surface area contributed by atoms with Crippen LogP contribution in [0.15, 0.2) is 24.3 Å². The number of hydrogen-bond donors (Lipinski definition) is 2. The van der Waals surface area contributed by atoms with E-state index in [-0.39, 0.29) is 5.54 Å². The van der Waals surface area contributed by atoms with E-state index in [1.54, 1.807) is 0 Å². The Morgan fingerprint density at radius 1 is 0.962 bits per heavy atom. The summed E-state index contributed by atoms with van der Waals surface area (Å²) in [5.41, 5.74) is 1.73. The number of carbonyl (C=O) groups is 1. The summed E-state index contributed by atoms with van der Waals surface area (Å²) >= 11 is 0. The molecule has 0 radical (unpaired) electrons. The first kappa shape index (κ1) is 19.3. The monoisotopic (exact) mass is 358 g/mol. The maximum atomic E-state index is 13.6. The molecule has 2 fully saturated rings. The number of Topliss-reactive ketones (excluding diaryl/α,β-unsaturated/α-hetero) is 1. The van der Waals surface area contributed by atoms with Gasteiger partial charge in [0.25, 0.3) is 0 Å². The maximum absolute atomic E-state index is 13.6. The highest BCUT2D eigenvalue weighted by molar-refractivity contribution is 6.03. The molecule has 0 saturated carbocycles. The lowest BCUT2D eigenvalue weighted by Gasteiger charge is -2.44. The fourth-order valence-corrected chi connectivity index (χ4v) is 4.50. The Bertz CT molecular complexity index is 576. The van der Waals surface area contributed by atoms with Gasteiger partial charge in [-0.15, -0.1) is 0 Å². The van der Waals surface area contributed by atoms with Crippen LogP contribution >= 0.6 is 0 Å². The summed E-state index contributed by atoms with van der Waals surface area (Å²) in [4.78, 5) is 18.4. The molecule has 1 aromatic rings. The molecule has 5 nitrogen and oxygen atoms in total. The molecule has 1 aromatic carbocycles. The lowest BCUT2D eigenvalue weighted by atomic mass is 9.80. The topological polar surface area (TPSA) is 47.6 Å². The molecule has 2 heterocycles. The zero-order chi connectivity index (χ0) is 18.4. The standard InChI is InChI=1S/C21H34N4O/c1-3-9-21(4-2,25-16-12-23-13-17-25)20(26)18-5-7-19(8-6-18)24-14-10-22-11-15-24/h5-8,22-23H,3-4,9-17H2,1-2H3. The molecule has 0 aromatic heterocycles. The van der Waals surface area contributed by atoms with E-state index in [1.165, 1.54) is 5.69 Å². The Balaban J connectivity index is 1.81. The van der Waals surface area contributed by atoms with Crippen molar-refractivity contribution < 1.29 is 4.79 Å². The average Bonchev–Trinajstić information content (AvgIpc) is 2.73. The van der Waals surface area contributed by atoms with E-state index in [0.29, 0.717) is 5.78 Å². The lowest BCUT2D eigenvalue weighted by molar-refractivity contribution is 0.0426. The van der Waals surface area contributed by atoms with Crippen molar-refractivity contribution >= 4 is 11.5 Å². The first-order chi connectivity index (χ1) is 12.7. The van der Waals surface area contributed by atoms with Gasteiger partial charge in [0.15, 0.2) is 5.78 Å². The van der Waals surface area contributed by atoms with Gasteiger partial charge in [-0.05, 0) is 37.1 Å². The van der Waals surface area contributed by atoms with Gasteiger partial charge in [0.1, 0.15) is 0 Å². The van der Waals surface area contributed by atoms with E-state index < -0.39 is 0 Å². The van der Waals surface area contributed by atoms with E-state index in [9.17, 15) is 4.79 Å². The van der Waals surface area contributed by atoms with Crippen LogP contribution < -0.4 is 15.5 Å². The highest BCUT2D eigenvalue weighted by Crippen LogP contribution is 2.31. The van der Waals surface area contributed by atoms with Crippen LogP contribution in [0, 0.1) is 0 Å². The first-order valence-corrected chi connectivity index (χ1v) is 10.3. The summed E-state index contributed by atoms with van der Waals surface area (Å²) in [6.07, 6.45) is 2.84. The predicted octanol–water partition coefficient (Wildman–Crippen LogP) is 2.13. The fourth-order valence-electron chi connectivity index (χ4n) is 4.50. The highest BCUT2D eigenvalue weighted by Gasteiger charge is 2.42. The van der Waals surface area contributed by atoms with Crippen LogP contribution in [0.1, 0.15) is 43.5 Å². The number of piperazine rings is 2. The SMILES string of the molecule is CCCC(CC)(C(=O)c1ccc(N2CCNCC2)cc1)N1CCNCC1. The molecule has 1 unspecified atom stereocenters. The lowest BCUT2D eigenvalue weighted by Crippen LogP contribution is -2.60. The zero-order valence-corrected chi connectivity index (χ0v) is 16.4. The average molecular weight is 359 g/mol. The molecule has 2 saturated heterocycles. The van der Waals surface area contributed by atoms with Crippen LogP contribution in [-0.2, 0) is 0 Å². The van der Waals surface area contributed by atoms with E-state index in [4.69, 9.17) is 0 Å². The molecule has 1 atom stereocenters. The van der Waals surface area contributed by atoms with Gasteiger partial charge in [-0.1, -0.05) is 20.3 Å².